The molecule has 174 valence electrons. The predicted octanol–water partition coefficient (Wildman–Crippen LogP) is 3.79. The molecule has 0 fully saturated rings. The lowest BCUT2D eigenvalue weighted by Crippen LogP contribution is -2.88. The molecule has 0 saturated carbocycles. The average Bonchev–Trinajstić information content (AvgIpc) is 2.88. The molecular weight excluding hydrogens is 418 g/mol. The normalized spacial score (nSPS) is 16.8. The van der Waals surface area contributed by atoms with Crippen LogP contribution in [0.1, 0.15) is 24.2 Å². The molecule has 0 amide bonds. The molecule has 0 aliphatic carbocycles. The van der Waals surface area contributed by atoms with E-state index in [0.717, 1.165) is 36.6 Å². The highest BCUT2D eigenvalue weighted by Gasteiger charge is 2.34. The van der Waals surface area contributed by atoms with Crippen LogP contribution in [0.2, 0.25) is 0 Å². The van der Waals surface area contributed by atoms with E-state index in [2.05, 4.69) is 36.5 Å². The summed E-state index contributed by atoms with van der Waals surface area (Å²) in [5.41, 5.74) is 2.43. The Labute approximate surface area is 195 Å². The van der Waals surface area contributed by atoms with Crippen molar-refractivity contribution in [3.8, 4) is 28.7 Å². The maximum Gasteiger partial charge on any atom is 0.203 e. The van der Waals surface area contributed by atoms with Crippen molar-refractivity contribution in [2.45, 2.75) is 25.6 Å². The van der Waals surface area contributed by atoms with Gasteiger partial charge in [-0.05, 0) is 41.8 Å². The standard InChI is InChI=1S/C27H31NO5/c1-4-19-12-14-20(15-13-19)26-25(32-21-8-5-6-9-22(21)33-26)18-28-16-17-31-27-23(29-2)10-7-11-24(27)30-3/h5-15,25-26,28H,4,16-18H2,1-3H3/p+1/t25-,26-/m1/s1. The summed E-state index contributed by atoms with van der Waals surface area (Å²) in [6, 6.07) is 22.1. The maximum atomic E-state index is 6.38. The molecule has 6 heteroatoms. The van der Waals surface area contributed by atoms with E-state index in [1.807, 2.05) is 42.5 Å². The SMILES string of the molecule is CCc1ccc([C@H]2Oc3ccccc3O[C@@H]2C[NH2+]CCOc2c(OC)cccc2OC)cc1. The third-order valence-electron chi connectivity index (χ3n) is 5.79. The molecule has 33 heavy (non-hydrogen) atoms. The Hall–Kier alpha value is -3.38. The first-order valence-corrected chi connectivity index (χ1v) is 11.4. The molecule has 6 nitrogen and oxygen atoms in total. The summed E-state index contributed by atoms with van der Waals surface area (Å²) in [4.78, 5) is 0. The fraction of sp³-hybridized carbons (Fsp3) is 0.333. The zero-order valence-electron chi connectivity index (χ0n) is 19.5. The zero-order valence-corrected chi connectivity index (χ0v) is 19.5. The van der Waals surface area contributed by atoms with Gasteiger partial charge in [0.2, 0.25) is 5.75 Å². The Bertz CT molecular complexity index is 1010. The Morgan fingerprint density at radius 2 is 1.48 bits per heavy atom. The summed E-state index contributed by atoms with van der Waals surface area (Å²) in [5, 5.41) is 2.19. The van der Waals surface area contributed by atoms with Gasteiger partial charge < -0.3 is 29.0 Å². The Kier molecular flexibility index (Phi) is 7.58. The Balaban J connectivity index is 1.39. The number of ether oxygens (including phenoxy) is 5. The summed E-state index contributed by atoms with van der Waals surface area (Å²) in [7, 11) is 3.25. The van der Waals surface area contributed by atoms with E-state index in [1.54, 1.807) is 14.2 Å². The predicted molar refractivity (Wildman–Crippen MR) is 127 cm³/mol. The number of fused-ring (bicyclic) bond motifs is 1. The first kappa shape index (κ1) is 22.8. The van der Waals surface area contributed by atoms with Crippen molar-refractivity contribution in [1.29, 1.82) is 0 Å². The largest absolute Gasteiger partial charge is 0.493 e. The molecule has 2 N–H and O–H groups in total. The van der Waals surface area contributed by atoms with Gasteiger partial charge in [-0.15, -0.1) is 0 Å². The van der Waals surface area contributed by atoms with Gasteiger partial charge in [0, 0.05) is 0 Å². The Morgan fingerprint density at radius 1 is 0.818 bits per heavy atom. The summed E-state index contributed by atoms with van der Waals surface area (Å²) in [6.45, 7) is 4.16. The van der Waals surface area contributed by atoms with Crippen LogP contribution in [-0.4, -0.2) is 40.0 Å². The van der Waals surface area contributed by atoms with Crippen LogP contribution in [0.15, 0.2) is 66.7 Å². The van der Waals surface area contributed by atoms with Crippen LogP contribution in [0.5, 0.6) is 28.7 Å². The first-order valence-electron chi connectivity index (χ1n) is 11.4. The zero-order chi connectivity index (χ0) is 23.0. The van der Waals surface area contributed by atoms with E-state index in [9.17, 15) is 0 Å². The fourth-order valence-electron chi connectivity index (χ4n) is 3.97. The van der Waals surface area contributed by atoms with Crippen LogP contribution in [0.25, 0.3) is 0 Å². The second-order valence-electron chi connectivity index (χ2n) is 7.89. The summed E-state index contributed by atoms with van der Waals surface area (Å²) >= 11 is 0. The Morgan fingerprint density at radius 3 is 2.12 bits per heavy atom. The molecule has 3 aromatic carbocycles. The summed E-state index contributed by atoms with van der Waals surface area (Å²) in [6.07, 6.45) is 0.727. The van der Waals surface area contributed by atoms with Gasteiger partial charge in [-0.3, -0.25) is 0 Å². The van der Waals surface area contributed by atoms with Gasteiger partial charge in [0.05, 0.1) is 14.2 Å². The minimum Gasteiger partial charge on any atom is -0.493 e. The number of benzene rings is 3. The molecular formula is C27H32NO5+. The van der Waals surface area contributed by atoms with Crippen LogP contribution in [-0.2, 0) is 6.42 Å². The highest BCUT2D eigenvalue weighted by Crippen LogP contribution is 2.39. The number of hydrogen-bond donors (Lipinski definition) is 1. The van der Waals surface area contributed by atoms with Gasteiger partial charge in [-0.25, -0.2) is 0 Å². The number of methoxy groups -OCH3 is 2. The van der Waals surface area contributed by atoms with Crippen LogP contribution in [0.3, 0.4) is 0 Å². The van der Waals surface area contributed by atoms with Crippen LogP contribution in [0, 0.1) is 0 Å². The molecule has 0 saturated heterocycles. The van der Waals surface area contributed by atoms with E-state index in [0.29, 0.717) is 23.9 Å². The number of nitrogens with two attached hydrogens (primary N) is 1. The van der Waals surface area contributed by atoms with E-state index in [4.69, 9.17) is 23.7 Å². The number of para-hydroxylation sites is 3. The van der Waals surface area contributed by atoms with Crippen molar-refractivity contribution in [1.82, 2.24) is 0 Å². The summed E-state index contributed by atoms with van der Waals surface area (Å²) in [5.74, 6) is 3.50. The van der Waals surface area contributed by atoms with Crippen LogP contribution in [0.4, 0.5) is 0 Å². The molecule has 3 aromatic rings. The van der Waals surface area contributed by atoms with E-state index in [-0.39, 0.29) is 12.2 Å². The minimum absolute atomic E-state index is 0.117. The molecule has 4 rings (SSSR count). The van der Waals surface area contributed by atoms with Crippen molar-refractivity contribution in [2.24, 2.45) is 0 Å². The lowest BCUT2D eigenvalue weighted by atomic mass is 10.0. The van der Waals surface area contributed by atoms with Gasteiger partial charge in [0.25, 0.3) is 0 Å². The number of hydrogen-bond acceptors (Lipinski definition) is 5. The van der Waals surface area contributed by atoms with Gasteiger partial charge in [-0.2, -0.15) is 0 Å². The van der Waals surface area contributed by atoms with Crippen molar-refractivity contribution in [2.75, 3.05) is 33.9 Å². The number of aryl methyl sites for hydroxylation is 1. The van der Waals surface area contributed by atoms with Crippen molar-refractivity contribution >= 4 is 0 Å². The van der Waals surface area contributed by atoms with E-state index in [1.165, 1.54) is 5.56 Å². The lowest BCUT2D eigenvalue weighted by molar-refractivity contribution is -0.662. The van der Waals surface area contributed by atoms with Crippen LogP contribution >= 0.6 is 0 Å². The van der Waals surface area contributed by atoms with E-state index >= 15 is 0 Å². The van der Waals surface area contributed by atoms with Gasteiger partial charge >= 0.3 is 0 Å². The smallest absolute Gasteiger partial charge is 0.203 e. The third kappa shape index (κ3) is 5.34. The molecule has 1 aliphatic heterocycles. The van der Waals surface area contributed by atoms with Gasteiger partial charge in [-0.1, -0.05) is 49.4 Å². The van der Waals surface area contributed by atoms with Crippen molar-refractivity contribution < 1.29 is 29.0 Å². The third-order valence-corrected chi connectivity index (χ3v) is 5.79. The van der Waals surface area contributed by atoms with Gasteiger partial charge in [0.15, 0.2) is 35.2 Å². The first-order chi connectivity index (χ1) is 16.2. The maximum absolute atomic E-state index is 6.38. The highest BCUT2D eigenvalue weighted by atomic mass is 16.6. The second kappa shape index (κ2) is 11.0. The second-order valence-corrected chi connectivity index (χ2v) is 7.89. The molecule has 0 radical (unpaired) electrons. The van der Waals surface area contributed by atoms with Crippen molar-refractivity contribution in [3.05, 3.63) is 77.9 Å². The molecule has 0 unspecified atom stereocenters. The summed E-state index contributed by atoms with van der Waals surface area (Å²) < 4.78 is 29.5. The quantitative estimate of drug-likeness (QED) is 0.476. The molecule has 2 atom stereocenters. The fourth-order valence-corrected chi connectivity index (χ4v) is 3.97. The minimum atomic E-state index is -0.169. The average molecular weight is 451 g/mol. The topological polar surface area (TPSA) is 62.8 Å². The number of rotatable bonds is 10. The lowest BCUT2D eigenvalue weighted by Gasteiger charge is -2.33. The van der Waals surface area contributed by atoms with Crippen molar-refractivity contribution in [3.63, 3.8) is 0 Å². The molecule has 0 spiro atoms. The van der Waals surface area contributed by atoms with Gasteiger partial charge in [0.1, 0.15) is 19.7 Å². The molecule has 1 heterocycles. The monoisotopic (exact) mass is 450 g/mol. The molecule has 0 aromatic heterocycles. The highest BCUT2D eigenvalue weighted by molar-refractivity contribution is 5.51. The molecule has 0 bridgehead atoms. The number of quaternary nitrogens is 1. The van der Waals surface area contributed by atoms with Crippen LogP contribution < -0.4 is 29.0 Å². The van der Waals surface area contributed by atoms with E-state index < -0.39 is 0 Å². The molecule has 1 aliphatic rings.